The van der Waals surface area contributed by atoms with E-state index in [1.807, 2.05) is 18.2 Å². The minimum atomic E-state index is 0.608. The summed E-state index contributed by atoms with van der Waals surface area (Å²) >= 11 is 0. The Morgan fingerprint density at radius 2 is 1.83 bits per heavy atom. The Morgan fingerprint density at radius 1 is 1.25 bits per heavy atom. The van der Waals surface area contributed by atoms with Gasteiger partial charge in [0, 0.05) is 13.1 Å². The van der Waals surface area contributed by atoms with Gasteiger partial charge >= 0.3 is 0 Å². The number of hydrogen-bond donors (Lipinski definition) is 3. The quantitative estimate of drug-likeness (QED) is 0.441. The van der Waals surface area contributed by atoms with E-state index in [1.54, 1.807) is 0 Å². The maximum Gasteiger partial charge on any atom is 0.0220 e. The highest BCUT2D eigenvalue weighted by Gasteiger charge is 1.72. The molecule has 0 unspecified atom stereocenters. The standard InChI is InChI=1S/C7H8.C2H9N3/c1-7-5-3-2-4-6-7;3-1-2-5-4/h2-6H,1H3;5H,1-4H2. The van der Waals surface area contributed by atoms with Crippen molar-refractivity contribution in [1.29, 1.82) is 0 Å². The first-order chi connectivity index (χ1) is 5.81. The van der Waals surface area contributed by atoms with Crippen molar-refractivity contribution >= 4 is 0 Å². The number of hydrogen-bond acceptors (Lipinski definition) is 3. The molecule has 0 fully saturated rings. The highest BCUT2D eigenvalue weighted by molar-refractivity contribution is 5.11. The Labute approximate surface area is 73.7 Å². The summed E-state index contributed by atoms with van der Waals surface area (Å²) in [5.74, 6) is 4.81. The Kier molecular flexibility index (Phi) is 7.58. The topological polar surface area (TPSA) is 64.1 Å². The van der Waals surface area contributed by atoms with Gasteiger partial charge in [-0.25, -0.2) is 0 Å². The maximum absolute atomic E-state index is 5.00. The zero-order valence-electron chi connectivity index (χ0n) is 7.46. The molecule has 0 spiro atoms. The summed E-state index contributed by atoms with van der Waals surface area (Å²) in [6, 6.07) is 10.3. The monoisotopic (exact) mass is 167 g/mol. The van der Waals surface area contributed by atoms with Gasteiger partial charge in [-0.05, 0) is 6.92 Å². The van der Waals surface area contributed by atoms with Crippen molar-refractivity contribution in [3.63, 3.8) is 0 Å². The normalized spacial score (nSPS) is 8.58. The van der Waals surface area contributed by atoms with Gasteiger partial charge in [-0.3, -0.25) is 11.3 Å². The van der Waals surface area contributed by atoms with Crippen LogP contribution in [-0.2, 0) is 0 Å². The average Bonchev–Trinajstić information content (AvgIpc) is 2.08. The molecule has 0 atom stereocenters. The molecule has 0 bridgehead atoms. The van der Waals surface area contributed by atoms with E-state index in [0.29, 0.717) is 13.1 Å². The zero-order valence-corrected chi connectivity index (χ0v) is 7.46. The van der Waals surface area contributed by atoms with Crippen molar-refractivity contribution in [2.45, 2.75) is 6.92 Å². The molecule has 1 aromatic carbocycles. The highest BCUT2D eigenvalue weighted by atomic mass is 15.2. The van der Waals surface area contributed by atoms with Crippen LogP contribution in [0.1, 0.15) is 5.56 Å². The second kappa shape index (κ2) is 8.20. The SMILES string of the molecule is Cc1ccccc1.NCCNN. The second-order valence-electron chi connectivity index (χ2n) is 2.40. The van der Waals surface area contributed by atoms with Crippen molar-refractivity contribution in [1.82, 2.24) is 5.43 Å². The molecule has 68 valence electrons. The van der Waals surface area contributed by atoms with Gasteiger partial charge < -0.3 is 5.73 Å². The van der Waals surface area contributed by atoms with E-state index in [4.69, 9.17) is 11.6 Å². The van der Waals surface area contributed by atoms with Crippen molar-refractivity contribution < 1.29 is 0 Å². The lowest BCUT2D eigenvalue weighted by Crippen LogP contribution is -2.28. The van der Waals surface area contributed by atoms with Crippen LogP contribution in [0.25, 0.3) is 0 Å². The Balaban J connectivity index is 0.000000217. The summed E-state index contributed by atoms with van der Waals surface area (Å²) in [6.07, 6.45) is 0. The van der Waals surface area contributed by atoms with Crippen LogP contribution in [0, 0.1) is 6.92 Å². The van der Waals surface area contributed by atoms with Crippen LogP contribution in [0.3, 0.4) is 0 Å². The summed E-state index contributed by atoms with van der Waals surface area (Å²) in [5.41, 5.74) is 8.71. The van der Waals surface area contributed by atoms with Gasteiger partial charge in [0.25, 0.3) is 0 Å². The third-order valence-corrected chi connectivity index (χ3v) is 1.23. The zero-order chi connectivity index (χ0) is 9.23. The molecule has 0 amide bonds. The largest absolute Gasteiger partial charge is 0.329 e. The first kappa shape index (κ1) is 11.1. The molecule has 12 heavy (non-hydrogen) atoms. The highest BCUT2D eigenvalue weighted by Crippen LogP contribution is 1.92. The van der Waals surface area contributed by atoms with Crippen LogP contribution >= 0.6 is 0 Å². The molecule has 0 radical (unpaired) electrons. The molecule has 0 heterocycles. The number of nitrogens with two attached hydrogens (primary N) is 2. The molecule has 0 saturated carbocycles. The van der Waals surface area contributed by atoms with Crippen LogP contribution in [0.2, 0.25) is 0 Å². The van der Waals surface area contributed by atoms with E-state index in [2.05, 4.69) is 24.5 Å². The first-order valence-electron chi connectivity index (χ1n) is 3.96. The lowest BCUT2D eigenvalue weighted by atomic mass is 10.2. The number of aryl methyl sites for hydroxylation is 1. The number of rotatable bonds is 2. The molecule has 0 aromatic heterocycles. The van der Waals surface area contributed by atoms with E-state index in [0.717, 1.165) is 0 Å². The third kappa shape index (κ3) is 7.21. The van der Waals surface area contributed by atoms with Crippen molar-refractivity contribution in [3.05, 3.63) is 35.9 Å². The summed E-state index contributed by atoms with van der Waals surface area (Å²) < 4.78 is 0. The van der Waals surface area contributed by atoms with Gasteiger partial charge in [-0.2, -0.15) is 0 Å². The van der Waals surface area contributed by atoms with Crippen LogP contribution < -0.4 is 17.0 Å². The van der Waals surface area contributed by atoms with Crippen molar-refractivity contribution in [2.75, 3.05) is 13.1 Å². The fourth-order valence-electron chi connectivity index (χ4n) is 0.618. The van der Waals surface area contributed by atoms with E-state index < -0.39 is 0 Å². The molecule has 0 aliphatic carbocycles. The summed E-state index contributed by atoms with van der Waals surface area (Å²) in [7, 11) is 0. The lowest BCUT2D eigenvalue weighted by Gasteiger charge is -1.85. The molecule has 1 rings (SSSR count). The number of nitrogens with one attached hydrogen (secondary N) is 1. The fourth-order valence-corrected chi connectivity index (χ4v) is 0.618. The molecular formula is C9H17N3. The average molecular weight is 167 g/mol. The van der Waals surface area contributed by atoms with Gasteiger partial charge in [-0.15, -0.1) is 0 Å². The molecule has 0 saturated heterocycles. The lowest BCUT2D eigenvalue weighted by molar-refractivity contribution is 0.738. The molecule has 1 aromatic rings. The second-order valence-corrected chi connectivity index (χ2v) is 2.40. The van der Waals surface area contributed by atoms with E-state index in [9.17, 15) is 0 Å². The molecule has 5 N–H and O–H groups in total. The third-order valence-electron chi connectivity index (χ3n) is 1.23. The molecule has 0 aliphatic heterocycles. The smallest absolute Gasteiger partial charge is 0.0220 e. The van der Waals surface area contributed by atoms with E-state index in [-0.39, 0.29) is 0 Å². The number of hydrazine groups is 1. The van der Waals surface area contributed by atoms with Crippen LogP contribution in [0.5, 0.6) is 0 Å². The number of benzene rings is 1. The van der Waals surface area contributed by atoms with Gasteiger partial charge in [0.2, 0.25) is 0 Å². The van der Waals surface area contributed by atoms with Crippen LogP contribution in [0.4, 0.5) is 0 Å². The van der Waals surface area contributed by atoms with Crippen LogP contribution in [0.15, 0.2) is 30.3 Å². The summed E-state index contributed by atoms with van der Waals surface area (Å²) in [4.78, 5) is 0. The molecule has 3 nitrogen and oxygen atoms in total. The van der Waals surface area contributed by atoms with E-state index >= 15 is 0 Å². The predicted octanol–water partition coefficient (Wildman–Crippen LogP) is 0.403. The van der Waals surface area contributed by atoms with E-state index in [1.165, 1.54) is 5.56 Å². The Morgan fingerprint density at radius 3 is 2.00 bits per heavy atom. The first-order valence-corrected chi connectivity index (χ1v) is 3.96. The molecule has 0 aliphatic rings. The Hall–Kier alpha value is -0.900. The summed E-state index contributed by atoms with van der Waals surface area (Å²) in [5, 5.41) is 0. The maximum atomic E-state index is 5.00. The molecular weight excluding hydrogens is 150 g/mol. The minimum absolute atomic E-state index is 0.608. The van der Waals surface area contributed by atoms with Gasteiger partial charge in [0.1, 0.15) is 0 Å². The van der Waals surface area contributed by atoms with Gasteiger partial charge in [0.05, 0.1) is 0 Å². The Bertz CT molecular complexity index is 172. The minimum Gasteiger partial charge on any atom is -0.329 e. The predicted molar refractivity (Wildman–Crippen MR) is 52.4 cm³/mol. The van der Waals surface area contributed by atoms with Gasteiger partial charge in [0.15, 0.2) is 0 Å². The molecule has 3 heteroatoms. The van der Waals surface area contributed by atoms with Crippen molar-refractivity contribution in [2.24, 2.45) is 11.6 Å². The van der Waals surface area contributed by atoms with Crippen LogP contribution in [-0.4, -0.2) is 13.1 Å². The summed E-state index contributed by atoms with van der Waals surface area (Å²) in [6.45, 7) is 3.39. The van der Waals surface area contributed by atoms with Crippen molar-refractivity contribution in [3.8, 4) is 0 Å². The van der Waals surface area contributed by atoms with Gasteiger partial charge in [-0.1, -0.05) is 35.9 Å². The fraction of sp³-hybridized carbons (Fsp3) is 0.333.